The van der Waals surface area contributed by atoms with E-state index in [0.717, 1.165) is 41.8 Å². The average molecular weight is 426 g/mol. The number of aromatic nitrogens is 4. The number of piperidine rings is 1. The highest BCUT2D eigenvalue weighted by atomic mass is 35.5. The molecule has 1 fully saturated rings. The standard InChI is InChI=1S/C22H21ClFN5O/c1-12-26-20(13-10-25-28(2)11-13)17-9-15-4-3-5-19(21(17)27-12)29(15)22(30)16-7-6-14(24)8-18(16)23/h6-8,10-11,15,19H,3-5,9H2,1-2H3/t15-,19+/m0/s1. The van der Waals surface area contributed by atoms with Gasteiger partial charge in [-0.3, -0.25) is 9.48 Å². The molecule has 2 atom stereocenters. The van der Waals surface area contributed by atoms with Crippen molar-refractivity contribution in [1.82, 2.24) is 24.6 Å². The lowest BCUT2D eigenvalue weighted by Crippen LogP contribution is -2.50. The van der Waals surface area contributed by atoms with E-state index in [0.29, 0.717) is 17.8 Å². The minimum atomic E-state index is -0.454. The Bertz CT molecular complexity index is 1160. The van der Waals surface area contributed by atoms with E-state index >= 15 is 0 Å². The van der Waals surface area contributed by atoms with Crippen molar-refractivity contribution in [3.63, 3.8) is 0 Å². The summed E-state index contributed by atoms with van der Waals surface area (Å²) in [6, 6.07) is 3.83. The molecule has 1 saturated heterocycles. The number of halogens is 2. The average Bonchev–Trinajstić information content (AvgIpc) is 3.13. The highest BCUT2D eigenvalue weighted by Crippen LogP contribution is 2.44. The molecular weight excluding hydrogens is 405 g/mol. The van der Waals surface area contributed by atoms with Gasteiger partial charge in [-0.1, -0.05) is 11.6 Å². The molecule has 2 aromatic heterocycles. The van der Waals surface area contributed by atoms with Gasteiger partial charge in [0, 0.05) is 30.4 Å². The molecule has 2 aliphatic heterocycles. The number of rotatable bonds is 2. The van der Waals surface area contributed by atoms with E-state index in [1.807, 2.05) is 31.3 Å². The van der Waals surface area contributed by atoms with Gasteiger partial charge in [-0.15, -0.1) is 0 Å². The molecule has 0 aliphatic carbocycles. The molecule has 3 aromatic rings. The number of benzene rings is 1. The second-order valence-corrected chi connectivity index (χ2v) is 8.43. The summed E-state index contributed by atoms with van der Waals surface area (Å²) in [5.74, 6) is 0.0496. The van der Waals surface area contributed by atoms with Gasteiger partial charge in [-0.25, -0.2) is 14.4 Å². The molecule has 6 nitrogen and oxygen atoms in total. The number of hydrogen-bond acceptors (Lipinski definition) is 4. The van der Waals surface area contributed by atoms with Crippen LogP contribution in [0.15, 0.2) is 30.6 Å². The monoisotopic (exact) mass is 425 g/mol. The molecule has 5 rings (SSSR count). The van der Waals surface area contributed by atoms with E-state index in [1.54, 1.807) is 4.68 Å². The van der Waals surface area contributed by atoms with Crippen molar-refractivity contribution in [2.45, 2.75) is 44.7 Å². The maximum absolute atomic E-state index is 13.5. The number of fused-ring (bicyclic) bond motifs is 4. The normalized spacial score (nSPS) is 20.2. The predicted molar refractivity (Wildman–Crippen MR) is 111 cm³/mol. The summed E-state index contributed by atoms with van der Waals surface area (Å²) in [5, 5.41) is 4.43. The first-order valence-corrected chi connectivity index (χ1v) is 10.4. The molecule has 30 heavy (non-hydrogen) atoms. The van der Waals surface area contributed by atoms with Gasteiger partial charge in [0.25, 0.3) is 5.91 Å². The Morgan fingerprint density at radius 2 is 2.10 bits per heavy atom. The van der Waals surface area contributed by atoms with Crippen LogP contribution in [-0.2, 0) is 13.5 Å². The molecule has 1 amide bonds. The molecule has 4 heterocycles. The SMILES string of the molecule is Cc1nc(-c2cnn(C)c2)c2c(n1)[C@H]1CCC[C@@H](C2)N1C(=O)c1ccc(F)cc1Cl. The molecule has 8 heteroatoms. The molecule has 154 valence electrons. The minimum Gasteiger partial charge on any atom is -0.327 e. The molecule has 2 bridgehead atoms. The van der Waals surface area contributed by atoms with Crippen molar-refractivity contribution < 1.29 is 9.18 Å². The van der Waals surface area contributed by atoms with Crippen LogP contribution in [0.5, 0.6) is 0 Å². The van der Waals surface area contributed by atoms with Crippen LogP contribution in [-0.4, -0.2) is 36.6 Å². The van der Waals surface area contributed by atoms with Crippen LogP contribution in [0.4, 0.5) is 4.39 Å². The lowest BCUT2D eigenvalue weighted by atomic mass is 9.81. The van der Waals surface area contributed by atoms with Gasteiger partial charge in [-0.2, -0.15) is 5.10 Å². The predicted octanol–water partition coefficient (Wildman–Crippen LogP) is 4.27. The maximum Gasteiger partial charge on any atom is 0.256 e. The van der Waals surface area contributed by atoms with E-state index in [2.05, 4.69) is 5.10 Å². The third-order valence-electron chi connectivity index (χ3n) is 6.02. The fourth-order valence-electron chi connectivity index (χ4n) is 4.77. The largest absolute Gasteiger partial charge is 0.327 e. The number of amides is 1. The van der Waals surface area contributed by atoms with Gasteiger partial charge in [0.15, 0.2) is 0 Å². The van der Waals surface area contributed by atoms with Gasteiger partial charge >= 0.3 is 0 Å². The molecule has 0 saturated carbocycles. The zero-order valence-corrected chi connectivity index (χ0v) is 17.5. The highest BCUT2D eigenvalue weighted by Gasteiger charge is 2.43. The summed E-state index contributed by atoms with van der Waals surface area (Å²) in [4.78, 5) is 24.9. The molecule has 0 unspecified atom stereocenters. The molecular formula is C22H21ClFN5O. The topological polar surface area (TPSA) is 63.9 Å². The van der Waals surface area contributed by atoms with Crippen LogP contribution in [0.25, 0.3) is 11.3 Å². The third kappa shape index (κ3) is 3.08. The third-order valence-corrected chi connectivity index (χ3v) is 6.34. The second-order valence-electron chi connectivity index (χ2n) is 8.03. The van der Waals surface area contributed by atoms with Gasteiger partial charge in [0.05, 0.1) is 34.2 Å². The zero-order valence-electron chi connectivity index (χ0n) is 16.8. The van der Waals surface area contributed by atoms with Crippen LogP contribution in [0.2, 0.25) is 5.02 Å². The Balaban J connectivity index is 1.61. The smallest absolute Gasteiger partial charge is 0.256 e. The fraction of sp³-hybridized carbons (Fsp3) is 0.364. The van der Waals surface area contributed by atoms with Gasteiger partial charge in [-0.05, 0) is 50.8 Å². The molecule has 0 spiro atoms. The summed E-state index contributed by atoms with van der Waals surface area (Å²) in [5.41, 5.74) is 4.19. The van der Waals surface area contributed by atoms with Crippen LogP contribution < -0.4 is 0 Å². The van der Waals surface area contributed by atoms with Crippen molar-refractivity contribution in [3.05, 3.63) is 64.1 Å². The summed E-state index contributed by atoms with van der Waals surface area (Å²) >= 11 is 6.21. The van der Waals surface area contributed by atoms with Crippen LogP contribution in [0.3, 0.4) is 0 Å². The quantitative estimate of drug-likeness (QED) is 0.615. The maximum atomic E-state index is 13.5. The Kier molecular flexibility index (Phi) is 4.58. The first-order chi connectivity index (χ1) is 14.4. The lowest BCUT2D eigenvalue weighted by molar-refractivity contribution is 0.0389. The molecule has 2 aliphatic rings. The molecule has 0 radical (unpaired) electrons. The van der Waals surface area contributed by atoms with Crippen molar-refractivity contribution in [1.29, 1.82) is 0 Å². The van der Waals surface area contributed by atoms with E-state index in [1.165, 1.54) is 18.2 Å². The van der Waals surface area contributed by atoms with Gasteiger partial charge in [0.2, 0.25) is 0 Å². The van der Waals surface area contributed by atoms with E-state index in [4.69, 9.17) is 21.6 Å². The van der Waals surface area contributed by atoms with E-state index in [9.17, 15) is 9.18 Å². The fourth-order valence-corrected chi connectivity index (χ4v) is 5.02. The Labute approximate surface area is 178 Å². The van der Waals surface area contributed by atoms with Crippen LogP contribution in [0, 0.1) is 12.7 Å². The van der Waals surface area contributed by atoms with E-state index < -0.39 is 5.82 Å². The van der Waals surface area contributed by atoms with Gasteiger partial charge < -0.3 is 4.90 Å². The van der Waals surface area contributed by atoms with Crippen molar-refractivity contribution in [2.75, 3.05) is 0 Å². The highest BCUT2D eigenvalue weighted by molar-refractivity contribution is 6.33. The Hall–Kier alpha value is -2.80. The minimum absolute atomic E-state index is 0.0339. The van der Waals surface area contributed by atoms with Crippen LogP contribution >= 0.6 is 11.6 Å². The summed E-state index contributed by atoms with van der Waals surface area (Å²) in [7, 11) is 1.88. The van der Waals surface area contributed by atoms with Crippen molar-refractivity contribution >= 4 is 17.5 Å². The van der Waals surface area contributed by atoms with E-state index in [-0.39, 0.29) is 23.0 Å². The van der Waals surface area contributed by atoms with Crippen molar-refractivity contribution in [3.8, 4) is 11.3 Å². The molecule has 1 aromatic carbocycles. The summed E-state index contributed by atoms with van der Waals surface area (Å²) in [6.07, 6.45) is 7.21. The molecule has 0 N–H and O–H groups in total. The number of nitrogens with zero attached hydrogens (tertiary/aromatic N) is 5. The Morgan fingerprint density at radius 3 is 2.83 bits per heavy atom. The second kappa shape index (κ2) is 7.16. The number of aryl methyl sites for hydroxylation is 2. The van der Waals surface area contributed by atoms with Crippen LogP contribution in [0.1, 0.15) is 52.7 Å². The number of carbonyl (C=O) groups is 1. The van der Waals surface area contributed by atoms with Crippen molar-refractivity contribution in [2.24, 2.45) is 7.05 Å². The summed E-state index contributed by atoms with van der Waals surface area (Å²) in [6.45, 7) is 1.87. The van der Waals surface area contributed by atoms with Gasteiger partial charge in [0.1, 0.15) is 11.6 Å². The number of hydrogen-bond donors (Lipinski definition) is 0. The zero-order chi connectivity index (χ0) is 21.0. The lowest BCUT2D eigenvalue weighted by Gasteiger charge is -2.46. The number of carbonyl (C=O) groups excluding carboxylic acids is 1. The Morgan fingerprint density at radius 1 is 1.27 bits per heavy atom. The first kappa shape index (κ1) is 19.2. The first-order valence-electron chi connectivity index (χ1n) is 10.1. The summed E-state index contributed by atoms with van der Waals surface area (Å²) < 4.78 is 15.3.